The van der Waals surface area contributed by atoms with Crippen LogP contribution in [0.25, 0.3) is 0 Å². The second kappa shape index (κ2) is 3.69. The summed E-state index contributed by atoms with van der Waals surface area (Å²) in [5.74, 6) is 1.27. The predicted octanol–water partition coefficient (Wildman–Crippen LogP) is 2.78. The third kappa shape index (κ3) is 1.65. The van der Waals surface area contributed by atoms with Crippen molar-refractivity contribution in [3.63, 3.8) is 0 Å². The normalized spacial score (nSPS) is 23.7. The van der Waals surface area contributed by atoms with Crippen LogP contribution in [0.5, 0.6) is 5.75 Å². The van der Waals surface area contributed by atoms with Crippen molar-refractivity contribution in [2.75, 3.05) is 0 Å². The highest BCUT2D eigenvalue weighted by atomic mass is 16.5. The summed E-state index contributed by atoms with van der Waals surface area (Å²) in [4.78, 5) is 11.9. The molecule has 15 heavy (non-hydrogen) atoms. The molecule has 0 fully saturated rings. The van der Waals surface area contributed by atoms with Gasteiger partial charge in [-0.05, 0) is 6.07 Å². The lowest BCUT2D eigenvalue weighted by atomic mass is 9.91. The molecule has 80 valence electrons. The van der Waals surface area contributed by atoms with Crippen LogP contribution in [0.15, 0.2) is 24.3 Å². The molecule has 1 aromatic rings. The molecule has 2 atom stereocenters. The number of Topliss-reactive ketones (excluding diaryl/α,β-unsaturated/α-hetero) is 1. The number of carbonyl (C=O) groups is 1. The van der Waals surface area contributed by atoms with Gasteiger partial charge in [-0.3, -0.25) is 4.79 Å². The van der Waals surface area contributed by atoms with E-state index in [9.17, 15) is 4.79 Å². The summed E-state index contributed by atoms with van der Waals surface area (Å²) < 4.78 is 5.69. The Morgan fingerprint density at radius 1 is 1.33 bits per heavy atom. The third-order valence-corrected chi connectivity index (χ3v) is 2.97. The molecule has 2 unspecified atom stereocenters. The molecular weight excluding hydrogens is 188 g/mol. The minimum atomic E-state index is -0.289. The van der Waals surface area contributed by atoms with Gasteiger partial charge in [-0.1, -0.05) is 39.0 Å². The van der Waals surface area contributed by atoms with E-state index in [0.717, 1.165) is 11.3 Å². The van der Waals surface area contributed by atoms with E-state index in [4.69, 9.17) is 4.74 Å². The largest absolute Gasteiger partial charge is 0.482 e. The highest BCUT2D eigenvalue weighted by Gasteiger charge is 2.36. The van der Waals surface area contributed by atoms with E-state index in [1.54, 1.807) is 0 Å². The van der Waals surface area contributed by atoms with Crippen molar-refractivity contribution < 1.29 is 9.53 Å². The van der Waals surface area contributed by atoms with Crippen LogP contribution in [0.1, 0.15) is 32.3 Å². The van der Waals surface area contributed by atoms with Crippen LogP contribution in [-0.2, 0) is 4.79 Å². The van der Waals surface area contributed by atoms with Crippen LogP contribution >= 0.6 is 0 Å². The molecular formula is C13H16O2. The number of fused-ring (bicyclic) bond motifs is 1. The number of hydrogen-bond donors (Lipinski definition) is 0. The predicted molar refractivity (Wildman–Crippen MR) is 59.1 cm³/mol. The average Bonchev–Trinajstić information content (AvgIpc) is 2.56. The summed E-state index contributed by atoms with van der Waals surface area (Å²) in [6.45, 7) is 5.89. The maximum Gasteiger partial charge on any atom is 0.176 e. The first-order valence-electron chi connectivity index (χ1n) is 5.40. The summed E-state index contributed by atoms with van der Waals surface area (Å²) in [5.41, 5.74) is 1.15. The molecule has 0 aliphatic carbocycles. The zero-order valence-electron chi connectivity index (χ0n) is 9.36. The highest BCUT2D eigenvalue weighted by Crippen LogP contribution is 2.38. The van der Waals surface area contributed by atoms with Crippen LogP contribution in [0.2, 0.25) is 0 Å². The van der Waals surface area contributed by atoms with E-state index < -0.39 is 0 Å². The molecule has 2 nitrogen and oxygen atoms in total. The second-order valence-electron chi connectivity index (χ2n) is 4.42. The van der Waals surface area contributed by atoms with Crippen molar-refractivity contribution in [3.8, 4) is 5.75 Å². The van der Waals surface area contributed by atoms with Gasteiger partial charge in [0.1, 0.15) is 5.75 Å². The number of para-hydroxylation sites is 1. The first-order valence-corrected chi connectivity index (χ1v) is 5.40. The van der Waals surface area contributed by atoms with E-state index in [1.165, 1.54) is 0 Å². The molecule has 1 aliphatic rings. The van der Waals surface area contributed by atoms with Gasteiger partial charge in [0.05, 0.1) is 0 Å². The van der Waals surface area contributed by atoms with Gasteiger partial charge >= 0.3 is 0 Å². The van der Waals surface area contributed by atoms with Crippen LogP contribution in [0.3, 0.4) is 0 Å². The van der Waals surface area contributed by atoms with Crippen LogP contribution in [0, 0.1) is 5.92 Å². The average molecular weight is 204 g/mol. The van der Waals surface area contributed by atoms with Crippen molar-refractivity contribution >= 4 is 5.78 Å². The Labute approximate surface area is 90.3 Å². The van der Waals surface area contributed by atoms with Crippen molar-refractivity contribution in [3.05, 3.63) is 29.8 Å². The maximum absolute atomic E-state index is 11.9. The molecule has 0 saturated carbocycles. The van der Waals surface area contributed by atoms with Gasteiger partial charge in [0.15, 0.2) is 11.9 Å². The summed E-state index contributed by atoms with van der Waals surface area (Å²) in [5, 5.41) is 0. The van der Waals surface area contributed by atoms with E-state index >= 15 is 0 Å². The third-order valence-electron chi connectivity index (χ3n) is 2.97. The summed E-state index contributed by atoms with van der Waals surface area (Å²) in [6.07, 6.45) is -0.289. The number of ketones is 1. The highest BCUT2D eigenvalue weighted by molar-refractivity contribution is 5.87. The minimum absolute atomic E-state index is 0.0340. The zero-order valence-corrected chi connectivity index (χ0v) is 9.36. The van der Waals surface area contributed by atoms with Gasteiger partial charge in [-0.25, -0.2) is 0 Å². The van der Waals surface area contributed by atoms with E-state index in [2.05, 4.69) is 6.92 Å². The Morgan fingerprint density at radius 3 is 2.60 bits per heavy atom. The van der Waals surface area contributed by atoms with Gasteiger partial charge in [0.25, 0.3) is 0 Å². The first-order chi connectivity index (χ1) is 7.11. The fourth-order valence-corrected chi connectivity index (χ4v) is 2.00. The van der Waals surface area contributed by atoms with Crippen LogP contribution in [-0.4, -0.2) is 11.9 Å². The molecule has 2 heteroatoms. The van der Waals surface area contributed by atoms with Crippen molar-refractivity contribution in [1.29, 1.82) is 0 Å². The van der Waals surface area contributed by atoms with E-state index in [1.807, 2.05) is 38.1 Å². The summed E-state index contributed by atoms with van der Waals surface area (Å²) >= 11 is 0. The minimum Gasteiger partial charge on any atom is -0.482 e. The fraction of sp³-hybridized carbons (Fsp3) is 0.462. The molecule has 0 radical (unpaired) electrons. The number of benzene rings is 1. The summed E-state index contributed by atoms with van der Waals surface area (Å²) in [7, 11) is 0. The van der Waals surface area contributed by atoms with Gasteiger partial charge < -0.3 is 4.74 Å². The lowest BCUT2D eigenvalue weighted by molar-refractivity contribution is -0.128. The Balaban J connectivity index is 2.27. The molecule has 0 aromatic heterocycles. The second-order valence-corrected chi connectivity index (χ2v) is 4.42. The maximum atomic E-state index is 11.9. The standard InChI is InChI=1S/C13H16O2/c1-8(2)12(14)13-9(3)10-6-4-5-7-11(10)15-13/h4-9,13H,1-3H3. The van der Waals surface area contributed by atoms with Crippen LogP contribution in [0.4, 0.5) is 0 Å². The molecule has 2 rings (SSSR count). The molecule has 1 aliphatic heterocycles. The molecule has 0 spiro atoms. The SMILES string of the molecule is CC(C)C(=O)C1Oc2ccccc2C1C. The Hall–Kier alpha value is -1.31. The first kappa shape index (κ1) is 10.2. The Morgan fingerprint density at radius 2 is 2.00 bits per heavy atom. The molecule has 0 bridgehead atoms. The monoisotopic (exact) mass is 204 g/mol. The molecule has 0 saturated heterocycles. The van der Waals surface area contributed by atoms with Gasteiger partial charge in [0.2, 0.25) is 0 Å². The Kier molecular flexibility index (Phi) is 2.51. The lowest BCUT2D eigenvalue weighted by Crippen LogP contribution is -2.31. The Bertz CT molecular complexity index is 382. The lowest BCUT2D eigenvalue weighted by Gasteiger charge is -2.16. The summed E-state index contributed by atoms with van der Waals surface area (Å²) in [6, 6.07) is 7.89. The number of carbonyl (C=O) groups excluding carboxylic acids is 1. The van der Waals surface area contributed by atoms with E-state index in [-0.39, 0.29) is 23.7 Å². The smallest absolute Gasteiger partial charge is 0.176 e. The van der Waals surface area contributed by atoms with Gasteiger partial charge in [-0.15, -0.1) is 0 Å². The molecule has 0 N–H and O–H groups in total. The number of hydrogen-bond acceptors (Lipinski definition) is 2. The van der Waals surface area contributed by atoms with Gasteiger partial charge in [0, 0.05) is 17.4 Å². The topological polar surface area (TPSA) is 26.3 Å². The van der Waals surface area contributed by atoms with Crippen molar-refractivity contribution in [2.24, 2.45) is 5.92 Å². The quantitative estimate of drug-likeness (QED) is 0.740. The van der Waals surface area contributed by atoms with E-state index in [0.29, 0.717) is 0 Å². The van der Waals surface area contributed by atoms with Gasteiger partial charge in [-0.2, -0.15) is 0 Å². The van der Waals surface area contributed by atoms with Crippen molar-refractivity contribution in [1.82, 2.24) is 0 Å². The number of rotatable bonds is 2. The molecule has 1 aromatic carbocycles. The van der Waals surface area contributed by atoms with Crippen LogP contribution < -0.4 is 4.74 Å². The van der Waals surface area contributed by atoms with Crippen molar-refractivity contribution in [2.45, 2.75) is 32.8 Å². The fourth-order valence-electron chi connectivity index (χ4n) is 2.00. The molecule has 0 amide bonds. The zero-order chi connectivity index (χ0) is 11.0. The number of ether oxygens (including phenoxy) is 1. The molecule has 1 heterocycles.